The van der Waals surface area contributed by atoms with Crippen molar-refractivity contribution >= 4 is 66.3 Å². The molecule has 9 heteroatoms. The van der Waals surface area contributed by atoms with Gasteiger partial charge in [-0.15, -0.1) is 0 Å². The molecular weight excluding hydrogens is 497 g/mol. The Balaban J connectivity index is 1.47. The number of carboxylic acids is 2. The van der Waals surface area contributed by atoms with E-state index in [0.717, 1.165) is 11.1 Å². The molecule has 0 aliphatic carbocycles. The monoisotopic (exact) mass is 514 g/mol. The molecular formula is C24H18O5S4. The number of carboxylic acid groups (broad SMARTS) is 2. The Morgan fingerprint density at radius 3 is 1.33 bits per heavy atom. The molecule has 2 aromatic carbocycles. The second kappa shape index (κ2) is 9.42. The van der Waals surface area contributed by atoms with Crippen molar-refractivity contribution in [3.8, 4) is 11.5 Å². The lowest BCUT2D eigenvalue weighted by molar-refractivity contribution is -0.138. The molecule has 2 N–H and O–H groups in total. The second-order valence-electron chi connectivity index (χ2n) is 7.15. The van der Waals surface area contributed by atoms with Gasteiger partial charge >= 0.3 is 11.9 Å². The molecule has 0 radical (unpaired) electrons. The van der Waals surface area contributed by atoms with Crippen molar-refractivity contribution in [1.29, 1.82) is 0 Å². The molecule has 0 amide bonds. The van der Waals surface area contributed by atoms with Gasteiger partial charge in [0, 0.05) is 0 Å². The van der Waals surface area contributed by atoms with Gasteiger partial charge in [-0.2, -0.15) is 0 Å². The number of ether oxygens (including phenoxy) is 1. The molecule has 2 heterocycles. The van der Waals surface area contributed by atoms with Gasteiger partial charge in [-0.25, -0.2) is 9.59 Å². The molecule has 0 aromatic heterocycles. The third kappa shape index (κ3) is 4.38. The SMILES string of the molecule is C=C(c1ccc(Oc2ccc(C(=C)C3(C(=O)O)C=CSS3)cc2)cc1)C1(C(=O)O)C=CSS1. The lowest BCUT2D eigenvalue weighted by Gasteiger charge is -2.24. The third-order valence-corrected chi connectivity index (χ3v) is 10.4. The van der Waals surface area contributed by atoms with Gasteiger partial charge in [0.2, 0.25) is 0 Å². The van der Waals surface area contributed by atoms with Gasteiger partial charge < -0.3 is 14.9 Å². The summed E-state index contributed by atoms with van der Waals surface area (Å²) < 4.78 is 3.55. The number of rotatable bonds is 8. The van der Waals surface area contributed by atoms with Crippen LogP contribution in [-0.2, 0) is 9.59 Å². The molecule has 33 heavy (non-hydrogen) atoms. The fourth-order valence-electron chi connectivity index (χ4n) is 3.30. The zero-order chi connectivity index (χ0) is 23.6. The molecule has 5 nitrogen and oxygen atoms in total. The van der Waals surface area contributed by atoms with E-state index >= 15 is 0 Å². The van der Waals surface area contributed by atoms with Crippen molar-refractivity contribution in [3.05, 3.63) is 95.8 Å². The smallest absolute Gasteiger partial charge is 0.329 e. The van der Waals surface area contributed by atoms with Crippen LogP contribution in [0, 0.1) is 0 Å². The minimum atomic E-state index is -1.18. The Hall–Kier alpha value is -2.46. The van der Waals surface area contributed by atoms with Gasteiger partial charge in [-0.1, -0.05) is 80.6 Å². The molecule has 0 fully saturated rings. The highest BCUT2D eigenvalue weighted by Gasteiger charge is 2.44. The van der Waals surface area contributed by atoms with Crippen LogP contribution in [0.2, 0.25) is 0 Å². The Morgan fingerprint density at radius 1 is 0.697 bits per heavy atom. The summed E-state index contributed by atoms with van der Waals surface area (Å²) in [6, 6.07) is 14.2. The van der Waals surface area contributed by atoms with Crippen LogP contribution in [0.15, 0.2) is 84.7 Å². The number of carbonyl (C=O) groups is 2. The quantitative estimate of drug-likeness (QED) is 0.363. The topological polar surface area (TPSA) is 83.8 Å². The lowest BCUT2D eigenvalue weighted by atomic mass is 9.93. The second-order valence-corrected chi connectivity index (χ2v) is 11.9. The summed E-state index contributed by atoms with van der Waals surface area (Å²) in [5.41, 5.74) is 2.44. The Kier molecular flexibility index (Phi) is 6.76. The maximum atomic E-state index is 11.8. The van der Waals surface area contributed by atoms with Gasteiger partial charge in [-0.3, -0.25) is 0 Å². The zero-order valence-electron chi connectivity index (χ0n) is 17.1. The third-order valence-electron chi connectivity index (χ3n) is 5.25. The summed E-state index contributed by atoms with van der Waals surface area (Å²) in [6.45, 7) is 8.05. The highest BCUT2D eigenvalue weighted by molar-refractivity contribution is 8.79. The van der Waals surface area contributed by atoms with Gasteiger partial charge in [0.1, 0.15) is 11.5 Å². The summed E-state index contributed by atoms with van der Waals surface area (Å²) in [6.07, 6.45) is 3.31. The van der Waals surface area contributed by atoms with Crippen LogP contribution in [0.1, 0.15) is 11.1 Å². The Labute approximate surface area is 206 Å². The summed E-state index contributed by atoms with van der Waals surface area (Å²) in [7, 11) is 5.24. The van der Waals surface area contributed by atoms with E-state index in [9.17, 15) is 19.8 Å². The van der Waals surface area contributed by atoms with Crippen molar-refractivity contribution in [2.45, 2.75) is 9.49 Å². The van der Waals surface area contributed by atoms with E-state index in [0.29, 0.717) is 22.6 Å². The molecule has 2 aliphatic rings. The van der Waals surface area contributed by atoms with Crippen molar-refractivity contribution < 1.29 is 24.5 Å². The molecule has 4 rings (SSSR count). The first-order valence-electron chi connectivity index (χ1n) is 9.57. The predicted octanol–water partition coefficient (Wildman–Crippen LogP) is 6.97. The largest absolute Gasteiger partial charge is 0.480 e. The highest BCUT2D eigenvalue weighted by atomic mass is 33.1. The molecule has 2 unspecified atom stereocenters. The van der Waals surface area contributed by atoms with E-state index in [1.807, 2.05) is 0 Å². The lowest BCUT2D eigenvalue weighted by Crippen LogP contribution is -2.31. The van der Waals surface area contributed by atoms with E-state index in [4.69, 9.17) is 4.74 Å². The minimum absolute atomic E-state index is 0.500. The van der Waals surface area contributed by atoms with E-state index in [1.165, 1.54) is 43.2 Å². The summed E-state index contributed by atoms with van der Waals surface area (Å²) in [4.78, 5) is 23.7. The van der Waals surface area contributed by atoms with E-state index in [2.05, 4.69) is 13.2 Å². The van der Waals surface area contributed by atoms with Crippen molar-refractivity contribution in [3.63, 3.8) is 0 Å². The van der Waals surface area contributed by atoms with Crippen molar-refractivity contribution in [2.75, 3.05) is 0 Å². The Bertz CT molecular complexity index is 1090. The highest BCUT2D eigenvalue weighted by Crippen LogP contribution is 2.52. The standard InChI is InChI=1S/C24H18O5S4/c1-15(23(21(25)26)11-13-30-32-23)17-3-7-19(8-4-17)29-20-9-5-18(6-10-20)16(2)24(22(27)28)12-14-31-33-24/h3-14H,1-2H2,(H,25,26)(H,27,28). The molecule has 0 spiro atoms. The number of aliphatic carboxylic acids is 2. The van der Waals surface area contributed by atoms with Crippen molar-refractivity contribution in [1.82, 2.24) is 0 Å². The fourth-order valence-corrected chi connectivity index (χ4v) is 8.17. The molecule has 2 aliphatic heterocycles. The molecule has 0 saturated carbocycles. The first-order valence-corrected chi connectivity index (χ1v) is 14.0. The van der Waals surface area contributed by atoms with Gasteiger partial charge in [0.15, 0.2) is 9.49 Å². The predicted molar refractivity (Wildman–Crippen MR) is 140 cm³/mol. The molecule has 2 aromatic rings. The molecule has 0 bridgehead atoms. The van der Waals surface area contributed by atoms with Crippen LogP contribution >= 0.6 is 43.2 Å². The minimum Gasteiger partial charge on any atom is -0.480 e. The van der Waals surface area contributed by atoms with Gasteiger partial charge in [0.05, 0.1) is 0 Å². The van der Waals surface area contributed by atoms with Crippen LogP contribution in [0.25, 0.3) is 11.1 Å². The molecule has 2 atom stereocenters. The first kappa shape index (κ1) is 23.7. The normalized spacial score (nSPS) is 23.4. The average molecular weight is 515 g/mol. The van der Waals surface area contributed by atoms with Crippen LogP contribution in [0.4, 0.5) is 0 Å². The molecule has 0 saturated heterocycles. The van der Waals surface area contributed by atoms with Crippen LogP contribution in [-0.4, -0.2) is 31.6 Å². The van der Waals surface area contributed by atoms with Gasteiger partial charge in [-0.05, 0) is 69.5 Å². The van der Waals surface area contributed by atoms with E-state index in [-0.39, 0.29) is 0 Å². The average Bonchev–Trinajstić information content (AvgIpc) is 3.51. The zero-order valence-corrected chi connectivity index (χ0v) is 20.4. The van der Waals surface area contributed by atoms with Crippen LogP contribution in [0.3, 0.4) is 0 Å². The van der Waals surface area contributed by atoms with Gasteiger partial charge in [0.25, 0.3) is 0 Å². The first-order chi connectivity index (χ1) is 15.8. The van der Waals surface area contributed by atoms with Crippen LogP contribution in [0.5, 0.6) is 11.5 Å². The maximum absolute atomic E-state index is 11.8. The van der Waals surface area contributed by atoms with Crippen LogP contribution < -0.4 is 4.74 Å². The summed E-state index contributed by atoms with van der Waals surface area (Å²) >= 11 is 0. The number of benzene rings is 2. The molecule has 168 valence electrons. The fraction of sp³-hybridized carbons (Fsp3) is 0.0833. The number of hydrogen-bond donors (Lipinski definition) is 2. The maximum Gasteiger partial charge on any atom is 0.329 e. The number of hydrogen-bond acceptors (Lipinski definition) is 7. The van der Waals surface area contributed by atoms with E-state index < -0.39 is 21.4 Å². The van der Waals surface area contributed by atoms with Crippen molar-refractivity contribution in [2.24, 2.45) is 0 Å². The summed E-state index contributed by atoms with van der Waals surface area (Å²) in [5.74, 6) is -0.732. The van der Waals surface area contributed by atoms with E-state index in [1.54, 1.807) is 71.5 Å². The summed E-state index contributed by atoms with van der Waals surface area (Å²) in [5, 5.41) is 22.9. The Morgan fingerprint density at radius 2 is 1.06 bits per heavy atom.